The molecule has 0 saturated heterocycles. The Balaban J connectivity index is 0.00000208. The number of hydrogen-bond donors (Lipinski definition) is 2. The standard InChI is InChI=1S/C15H14N6O2.H2S/c1-9(2-4-16)19-15(23)21-8-10(7-18-21)11-3-5-17-14-12(11)6-13(22)20-14;/h3,5,7-9H,2,6H2,1H3,(H,19,23)(H,17,20,22);1H2. The minimum absolute atomic E-state index is 0. The molecule has 2 amide bonds. The molecule has 0 radical (unpaired) electrons. The summed E-state index contributed by atoms with van der Waals surface area (Å²) in [5.74, 6) is 0.447. The molecule has 2 aromatic heterocycles. The lowest BCUT2D eigenvalue weighted by Gasteiger charge is -2.09. The molecule has 0 saturated carbocycles. The molecule has 1 aliphatic rings. The van der Waals surface area contributed by atoms with Crippen molar-refractivity contribution in [2.45, 2.75) is 25.8 Å². The monoisotopic (exact) mass is 344 g/mol. The van der Waals surface area contributed by atoms with Crippen molar-refractivity contribution >= 4 is 31.3 Å². The predicted molar refractivity (Wildman–Crippen MR) is 91.8 cm³/mol. The number of carbonyl (C=O) groups is 2. The Kier molecular flexibility index (Phi) is 5.21. The summed E-state index contributed by atoms with van der Waals surface area (Å²) in [7, 11) is 0. The maximum Gasteiger partial charge on any atom is 0.342 e. The van der Waals surface area contributed by atoms with Crippen molar-refractivity contribution in [2.24, 2.45) is 0 Å². The number of aromatic nitrogens is 3. The zero-order chi connectivity index (χ0) is 16.4. The van der Waals surface area contributed by atoms with Crippen LogP contribution in [0.1, 0.15) is 18.9 Å². The van der Waals surface area contributed by atoms with E-state index >= 15 is 0 Å². The smallest absolute Gasteiger partial charge is 0.333 e. The number of anilines is 1. The van der Waals surface area contributed by atoms with E-state index < -0.39 is 6.03 Å². The number of amides is 2. The minimum Gasteiger partial charge on any atom is -0.333 e. The summed E-state index contributed by atoms with van der Waals surface area (Å²) in [5, 5.41) is 18.0. The molecule has 9 heteroatoms. The number of rotatable bonds is 3. The average molecular weight is 344 g/mol. The van der Waals surface area contributed by atoms with Crippen molar-refractivity contribution in [3.05, 3.63) is 30.2 Å². The van der Waals surface area contributed by atoms with E-state index in [1.165, 1.54) is 4.68 Å². The average Bonchev–Trinajstić information content (AvgIpc) is 3.12. The highest BCUT2D eigenvalue weighted by Crippen LogP contribution is 2.31. The highest BCUT2D eigenvalue weighted by Gasteiger charge is 2.23. The van der Waals surface area contributed by atoms with Crippen LogP contribution in [0.15, 0.2) is 24.7 Å². The lowest BCUT2D eigenvalue weighted by molar-refractivity contribution is -0.115. The maximum absolute atomic E-state index is 12.1. The van der Waals surface area contributed by atoms with E-state index in [1.54, 1.807) is 31.6 Å². The van der Waals surface area contributed by atoms with Crippen LogP contribution in [-0.4, -0.2) is 32.7 Å². The second kappa shape index (κ2) is 7.14. The van der Waals surface area contributed by atoms with Gasteiger partial charge in [0.2, 0.25) is 5.91 Å². The third kappa shape index (κ3) is 3.38. The Bertz CT molecular complexity index is 826. The second-order valence-corrected chi connectivity index (χ2v) is 5.30. The van der Waals surface area contributed by atoms with E-state index in [1.807, 2.05) is 6.07 Å². The Morgan fingerprint density at radius 3 is 3.12 bits per heavy atom. The molecule has 1 aliphatic heterocycles. The first-order valence-corrected chi connectivity index (χ1v) is 7.09. The van der Waals surface area contributed by atoms with Crippen LogP contribution in [0.2, 0.25) is 0 Å². The van der Waals surface area contributed by atoms with Crippen molar-refractivity contribution < 1.29 is 9.59 Å². The number of nitriles is 1. The lowest BCUT2D eigenvalue weighted by atomic mass is 10.0. The van der Waals surface area contributed by atoms with Gasteiger partial charge in [0.15, 0.2) is 0 Å². The number of pyridine rings is 1. The first kappa shape index (κ1) is 17.5. The molecule has 8 nitrogen and oxygen atoms in total. The zero-order valence-electron chi connectivity index (χ0n) is 12.9. The molecule has 24 heavy (non-hydrogen) atoms. The molecule has 0 spiro atoms. The van der Waals surface area contributed by atoms with Gasteiger partial charge in [0.05, 0.1) is 25.1 Å². The molecule has 0 fully saturated rings. The molecule has 1 atom stereocenters. The molecule has 1 unspecified atom stereocenters. The summed E-state index contributed by atoms with van der Waals surface area (Å²) in [5.41, 5.74) is 2.34. The van der Waals surface area contributed by atoms with Crippen LogP contribution in [0.5, 0.6) is 0 Å². The molecule has 0 bridgehead atoms. The van der Waals surface area contributed by atoms with E-state index in [0.29, 0.717) is 5.82 Å². The van der Waals surface area contributed by atoms with Crippen molar-refractivity contribution in [1.82, 2.24) is 20.1 Å². The van der Waals surface area contributed by atoms with E-state index in [0.717, 1.165) is 16.7 Å². The van der Waals surface area contributed by atoms with Gasteiger partial charge < -0.3 is 10.6 Å². The summed E-state index contributed by atoms with van der Waals surface area (Å²) >= 11 is 0. The molecule has 2 N–H and O–H groups in total. The number of fused-ring (bicyclic) bond motifs is 1. The van der Waals surface area contributed by atoms with Crippen molar-refractivity contribution in [2.75, 3.05) is 5.32 Å². The fourth-order valence-electron chi connectivity index (χ4n) is 2.42. The Hall–Kier alpha value is -2.86. The van der Waals surface area contributed by atoms with E-state index in [4.69, 9.17) is 5.26 Å². The first-order valence-electron chi connectivity index (χ1n) is 7.09. The summed E-state index contributed by atoms with van der Waals surface area (Å²) in [4.78, 5) is 27.7. The fraction of sp³-hybridized carbons (Fsp3) is 0.267. The third-order valence-corrected chi connectivity index (χ3v) is 3.52. The molecule has 124 valence electrons. The van der Waals surface area contributed by atoms with Crippen molar-refractivity contribution in [1.29, 1.82) is 5.26 Å². The van der Waals surface area contributed by atoms with Gasteiger partial charge in [0, 0.05) is 29.6 Å². The molecular weight excluding hydrogens is 328 g/mol. The fourth-order valence-corrected chi connectivity index (χ4v) is 2.42. The third-order valence-electron chi connectivity index (χ3n) is 3.52. The summed E-state index contributed by atoms with van der Waals surface area (Å²) in [6, 6.07) is 3.12. The molecule has 3 heterocycles. The Morgan fingerprint density at radius 1 is 1.58 bits per heavy atom. The SMILES string of the molecule is CC(CC#N)NC(=O)n1cc(-c2ccnc3c2CC(=O)N3)cn1.S. The quantitative estimate of drug-likeness (QED) is 0.874. The summed E-state index contributed by atoms with van der Waals surface area (Å²) in [6.45, 7) is 1.75. The molecule has 0 aliphatic carbocycles. The van der Waals surface area contributed by atoms with Gasteiger partial charge in [0.25, 0.3) is 0 Å². The molecule has 0 aromatic carbocycles. The van der Waals surface area contributed by atoms with Gasteiger partial charge in [0.1, 0.15) is 5.82 Å². The number of hydrogen-bond acceptors (Lipinski definition) is 5. The first-order chi connectivity index (χ1) is 11.1. The van der Waals surface area contributed by atoms with Gasteiger partial charge >= 0.3 is 6.03 Å². The predicted octanol–water partition coefficient (Wildman–Crippen LogP) is 1.41. The highest BCUT2D eigenvalue weighted by molar-refractivity contribution is 7.59. The van der Waals surface area contributed by atoms with Gasteiger partial charge in [-0.3, -0.25) is 4.79 Å². The molecule has 3 rings (SSSR count). The van der Waals surface area contributed by atoms with Crippen LogP contribution in [0.3, 0.4) is 0 Å². The van der Waals surface area contributed by atoms with Gasteiger partial charge in [-0.05, 0) is 18.6 Å². The van der Waals surface area contributed by atoms with E-state index in [2.05, 4.69) is 20.7 Å². The van der Waals surface area contributed by atoms with Crippen LogP contribution < -0.4 is 10.6 Å². The van der Waals surface area contributed by atoms with E-state index in [-0.39, 0.29) is 38.3 Å². The Morgan fingerprint density at radius 2 is 2.38 bits per heavy atom. The highest BCUT2D eigenvalue weighted by atomic mass is 32.1. The van der Waals surface area contributed by atoms with E-state index in [9.17, 15) is 9.59 Å². The van der Waals surface area contributed by atoms with Gasteiger partial charge in [-0.1, -0.05) is 0 Å². The molecular formula is C15H16N6O2S. The molecule has 2 aromatic rings. The topological polar surface area (TPSA) is 113 Å². The normalized spacial score (nSPS) is 13.2. The summed E-state index contributed by atoms with van der Waals surface area (Å²) in [6.07, 6.45) is 5.24. The maximum atomic E-state index is 12.1. The zero-order valence-corrected chi connectivity index (χ0v) is 13.9. The Labute approximate surface area is 145 Å². The van der Waals surface area contributed by atoms with Crippen LogP contribution in [-0.2, 0) is 11.2 Å². The number of nitrogens with zero attached hydrogens (tertiary/aromatic N) is 4. The van der Waals surface area contributed by atoms with Gasteiger partial charge in [-0.15, -0.1) is 0 Å². The van der Waals surface area contributed by atoms with Gasteiger partial charge in [-0.25, -0.2) is 9.78 Å². The second-order valence-electron chi connectivity index (χ2n) is 5.30. The lowest BCUT2D eigenvalue weighted by Crippen LogP contribution is -2.35. The minimum atomic E-state index is -0.404. The number of nitrogens with one attached hydrogen (secondary N) is 2. The summed E-state index contributed by atoms with van der Waals surface area (Å²) < 4.78 is 1.18. The van der Waals surface area contributed by atoms with Crippen LogP contribution in [0.25, 0.3) is 11.1 Å². The largest absolute Gasteiger partial charge is 0.342 e. The van der Waals surface area contributed by atoms with Gasteiger partial charge in [-0.2, -0.15) is 28.5 Å². The van der Waals surface area contributed by atoms with Crippen LogP contribution >= 0.6 is 13.5 Å². The van der Waals surface area contributed by atoms with Crippen LogP contribution in [0, 0.1) is 11.3 Å². The van der Waals surface area contributed by atoms with Crippen molar-refractivity contribution in [3.8, 4) is 17.2 Å². The number of carbonyl (C=O) groups excluding carboxylic acids is 2. The van der Waals surface area contributed by atoms with Crippen molar-refractivity contribution in [3.63, 3.8) is 0 Å². The van der Waals surface area contributed by atoms with Crippen LogP contribution in [0.4, 0.5) is 10.6 Å².